The average molecular weight is 356 g/mol. The number of nitrogens with zero attached hydrogens (tertiary/aromatic N) is 2. The van der Waals surface area contributed by atoms with Crippen molar-refractivity contribution in [1.29, 1.82) is 5.26 Å². The van der Waals surface area contributed by atoms with Gasteiger partial charge in [0.05, 0.1) is 24.6 Å². The van der Waals surface area contributed by atoms with Gasteiger partial charge in [-0.05, 0) is 23.8 Å². The van der Waals surface area contributed by atoms with Crippen molar-refractivity contribution in [3.8, 4) is 6.07 Å². The van der Waals surface area contributed by atoms with Crippen LogP contribution in [0, 0.1) is 16.7 Å². The summed E-state index contributed by atoms with van der Waals surface area (Å²) in [6.45, 7) is 6.69. The normalized spacial score (nSPS) is 19.5. The first-order valence-electron chi connectivity index (χ1n) is 9.04. The summed E-state index contributed by atoms with van der Waals surface area (Å²) >= 11 is 0. The Labute approximate surface area is 155 Å². The smallest absolute Gasteiger partial charge is 0.241 e. The van der Waals surface area contributed by atoms with E-state index in [9.17, 15) is 9.59 Å². The van der Waals surface area contributed by atoms with E-state index in [1.165, 1.54) is 4.90 Å². The molecule has 6 nitrogen and oxygen atoms in total. The van der Waals surface area contributed by atoms with Gasteiger partial charge < -0.3 is 16.0 Å². The number of amides is 2. The highest BCUT2D eigenvalue weighted by atomic mass is 16.2. The van der Waals surface area contributed by atoms with Crippen LogP contribution in [0.4, 0.5) is 0 Å². The van der Waals surface area contributed by atoms with Gasteiger partial charge in [-0.1, -0.05) is 51.1 Å². The van der Waals surface area contributed by atoms with Crippen molar-refractivity contribution in [3.63, 3.8) is 0 Å². The fourth-order valence-electron chi connectivity index (χ4n) is 3.33. The second kappa shape index (κ2) is 8.33. The number of hydrogen-bond donors (Lipinski definition) is 2. The highest BCUT2D eigenvalue weighted by Crippen LogP contribution is 2.32. The average Bonchev–Trinajstić information content (AvgIpc) is 3.07. The quantitative estimate of drug-likeness (QED) is 0.844. The van der Waals surface area contributed by atoms with Crippen molar-refractivity contribution >= 4 is 11.8 Å². The maximum absolute atomic E-state index is 12.5. The molecule has 0 spiro atoms. The predicted molar refractivity (Wildman–Crippen MR) is 99.7 cm³/mol. The molecule has 2 rings (SSSR count). The first-order chi connectivity index (χ1) is 12.2. The van der Waals surface area contributed by atoms with E-state index < -0.39 is 12.1 Å². The third kappa shape index (κ3) is 4.83. The number of benzene rings is 1. The molecule has 2 amide bonds. The molecule has 1 aromatic rings. The summed E-state index contributed by atoms with van der Waals surface area (Å²) in [7, 11) is 0. The van der Waals surface area contributed by atoms with Crippen LogP contribution < -0.4 is 11.1 Å². The molecule has 1 heterocycles. The maximum Gasteiger partial charge on any atom is 0.241 e. The standard InChI is InChI=1S/C20H28N4O2/c1-20(2,3)18(14-8-5-4-6-9-14)23-17(25)12-16(22)19(26)24-11-7-10-15(24)13-21/h4-6,8-9,15-16,18H,7,10-12,22H2,1-3H3,(H,23,25)/t15-,16+,18?/m0/s1. The number of carbonyl (C=O) groups is 2. The van der Waals surface area contributed by atoms with E-state index in [-0.39, 0.29) is 29.7 Å². The van der Waals surface area contributed by atoms with Gasteiger partial charge in [0.2, 0.25) is 11.8 Å². The second-order valence-corrected chi connectivity index (χ2v) is 7.91. The maximum atomic E-state index is 12.5. The van der Waals surface area contributed by atoms with E-state index in [0.29, 0.717) is 13.0 Å². The molecule has 0 bridgehead atoms. The van der Waals surface area contributed by atoms with Crippen molar-refractivity contribution in [3.05, 3.63) is 35.9 Å². The minimum absolute atomic E-state index is 0.0904. The molecule has 0 aromatic heterocycles. The summed E-state index contributed by atoms with van der Waals surface area (Å²) in [6, 6.07) is 10.3. The van der Waals surface area contributed by atoms with Crippen molar-refractivity contribution in [2.45, 2.75) is 58.2 Å². The van der Waals surface area contributed by atoms with Crippen LogP contribution in [0.25, 0.3) is 0 Å². The summed E-state index contributed by atoms with van der Waals surface area (Å²) in [5.74, 6) is -0.585. The van der Waals surface area contributed by atoms with Crippen LogP contribution in [0.1, 0.15) is 51.6 Å². The van der Waals surface area contributed by atoms with E-state index in [0.717, 1.165) is 12.0 Å². The number of rotatable bonds is 5. The molecule has 3 N–H and O–H groups in total. The number of nitriles is 1. The summed E-state index contributed by atoms with van der Waals surface area (Å²) in [5, 5.41) is 12.1. The lowest BCUT2D eigenvalue weighted by Crippen LogP contribution is -2.48. The number of nitrogens with one attached hydrogen (secondary N) is 1. The molecule has 6 heteroatoms. The van der Waals surface area contributed by atoms with Crippen LogP contribution in [0.2, 0.25) is 0 Å². The SMILES string of the molecule is CC(C)(C)C(NC(=O)C[C@@H](N)C(=O)N1CCC[C@H]1C#N)c1ccccc1. The van der Waals surface area contributed by atoms with Crippen molar-refractivity contribution in [1.82, 2.24) is 10.2 Å². The molecule has 1 unspecified atom stereocenters. The van der Waals surface area contributed by atoms with Gasteiger partial charge in [-0.2, -0.15) is 5.26 Å². The molecule has 1 fully saturated rings. The van der Waals surface area contributed by atoms with Gasteiger partial charge in [-0.15, -0.1) is 0 Å². The number of likely N-dealkylation sites (tertiary alicyclic amines) is 1. The molecule has 140 valence electrons. The van der Waals surface area contributed by atoms with Gasteiger partial charge in [0.25, 0.3) is 0 Å². The highest BCUT2D eigenvalue weighted by molar-refractivity contribution is 5.88. The minimum Gasteiger partial charge on any atom is -0.349 e. The number of carbonyl (C=O) groups excluding carboxylic acids is 2. The van der Waals surface area contributed by atoms with Gasteiger partial charge in [-0.25, -0.2) is 0 Å². The largest absolute Gasteiger partial charge is 0.349 e. The van der Waals surface area contributed by atoms with Crippen molar-refractivity contribution < 1.29 is 9.59 Å². The molecule has 1 aromatic carbocycles. The molecule has 1 aliphatic rings. The second-order valence-electron chi connectivity index (χ2n) is 7.91. The molecular formula is C20H28N4O2. The van der Waals surface area contributed by atoms with E-state index in [2.05, 4.69) is 32.2 Å². The summed E-state index contributed by atoms with van der Waals surface area (Å²) in [4.78, 5) is 26.5. The minimum atomic E-state index is -0.930. The lowest BCUT2D eigenvalue weighted by atomic mass is 9.82. The van der Waals surface area contributed by atoms with Crippen molar-refractivity contribution in [2.75, 3.05) is 6.54 Å². The zero-order valence-electron chi connectivity index (χ0n) is 15.7. The fraction of sp³-hybridized carbons (Fsp3) is 0.550. The molecule has 0 saturated carbocycles. The van der Waals surface area contributed by atoms with E-state index in [1.54, 1.807) is 0 Å². The molecular weight excluding hydrogens is 328 g/mol. The molecule has 1 saturated heterocycles. The Morgan fingerprint density at radius 3 is 2.58 bits per heavy atom. The fourth-order valence-corrected chi connectivity index (χ4v) is 3.33. The molecule has 0 radical (unpaired) electrons. The van der Waals surface area contributed by atoms with Crippen LogP contribution in [-0.4, -0.2) is 35.3 Å². The predicted octanol–water partition coefficient (Wildman–Crippen LogP) is 2.12. The molecule has 3 atom stereocenters. The first-order valence-corrected chi connectivity index (χ1v) is 9.04. The van der Waals surface area contributed by atoms with Crippen molar-refractivity contribution in [2.24, 2.45) is 11.1 Å². The number of nitrogens with two attached hydrogens (primary N) is 1. The van der Waals surface area contributed by atoms with Gasteiger partial charge >= 0.3 is 0 Å². The zero-order valence-corrected chi connectivity index (χ0v) is 15.7. The zero-order chi connectivity index (χ0) is 19.3. The van der Waals surface area contributed by atoms with Crippen LogP contribution in [-0.2, 0) is 9.59 Å². The van der Waals surface area contributed by atoms with E-state index in [1.807, 2.05) is 30.3 Å². The Morgan fingerprint density at radius 1 is 1.35 bits per heavy atom. The monoisotopic (exact) mass is 356 g/mol. The van der Waals surface area contributed by atoms with E-state index in [4.69, 9.17) is 11.0 Å². The highest BCUT2D eigenvalue weighted by Gasteiger charge is 2.33. The summed E-state index contributed by atoms with van der Waals surface area (Å²) < 4.78 is 0. The first kappa shape index (κ1) is 19.9. The van der Waals surface area contributed by atoms with Gasteiger partial charge in [0, 0.05) is 6.54 Å². The summed E-state index contributed by atoms with van der Waals surface area (Å²) in [5.41, 5.74) is 6.80. The third-order valence-electron chi connectivity index (χ3n) is 4.71. The Kier molecular flexibility index (Phi) is 6.38. The lowest BCUT2D eigenvalue weighted by Gasteiger charge is -2.32. The van der Waals surface area contributed by atoms with Gasteiger partial charge in [0.1, 0.15) is 6.04 Å². The molecule has 0 aliphatic carbocycles. The Balaban J connectivity index is 2.02. The van der Waals surface area contributed by atoms with E-state index >= 15 is 0 Å². The van der Waals surface area contributed by atoms with Gasteiger partial charge in [-0.3, -0.25) is 9.59 Å². The molecule has 26 heavy (non-hydrogen) atoms. The topological polar surface area (TPSA) is 99.2 Å². The Bertz CT molecular complexity index is 675. The van der Waals surface area contributed by atoms with Gasteiger partial charge in [0.15, 0.2) is 0 Å². The lowest BCUT2D eigenvalue weighted by molar-refractivity contribution is -0.135. The number of hydrogen-bond acceptors (Lipinski definition) is 4. The Hall–Kier alpha value is -2.39. The van der Waals surface area contributed by atoms with Crippen LogP contribution in [0.5, 0.6) is 0 Å². The summed E-state index contributed by atoms with van der Waals surface area (Å²) in [6.07, 6.45) is 1.37. The van der Waals surface area contributed by atoms with Crippen LogP contribution in [0.3, 0.4) is 0 Å². The molecule has 1 aliphatic heterocycles. The third-order valence-corrected chi connectivity index (χ3v) is 4.71. The van der Waals surface area contributed by atoms with Crippen LogP contribution >= 0.6 is 0 Å². The van der Waals surface area contributed by atoms with Crippen LogP contribution in [0.15, 0.2) is 30.3 Å². The Morgan fingerprint density at radius 2 is 2.00 bits per heavy atom.